The predicted molar refractivity (Wildman–Crippen MR) is 45.3 cm³/mol. The van der Waals surface area contributed by atoms with Crippen molar-refractivity contribution in [1.29, 1.82) is 0 Å². The highest BCUT2D eigenvalue weighted by Crippen LogP contribution is 2.06. The van der Waals surface area contributed by atoms with Crippen LogP contribution in [0.15, 0.2) is 12.3 Å². The Kier molecular flexibility index (Phi) is 3.10. The van der Waals surface area contributed by atoms with Gasteiger partial charge in [0.2, 0.25) is 0 Å². The first-order chi connectivity index (χ1) is 5.72. The summed E-state index contributed by atoms with van der Waals surface area (Å²) in [6.45, 7) is 1.75. The predicted octanol–water partition coefficient (Wildman–Crippen LogP) is -0.294. The van der Waals surface area contributed by atoms with E-state index in [1.54, 1.807) is 6.20 Å². The second-order valence-electron chi connectivity index (χ2n) is 2.88. The summed E-state index contributed by atoms with van der Waals surface area (Å²) in [5, 5.41) is 0. The number of hydrogen-bond acceptors (Lipinski definition) is 4. The van der Waals surface area contributed by atoms with E-state index in [4.69, 9.17) is 5.73 Å². The van der Waals surface area contributed by atoms with Gasteiger partial charge in [0.15, 0.2) is 0 Å². The minimum absolute atomic E-state index is 0.243. The number of rotatable bonds is 2. The molecule has 1 rings (SSSR count). The number of carbonyl (C=O) groups excluding carboxylic acids is 1. The number of esters is 1. The molecular formula is C8H14N2O2. The summed E-state index contributed by atoms with van der Waals surface area (Å²) in [6.07, 6.45) is 4.14. The fourth-order valence-corrected chi connectivity index (χ4v) is 1.19. The van der Waals surface area contributed by atoms with Gasteiger partial charge in [-0.3, -0.25) is 0 Å². The van der Waals surface area contributed by atoms with Crippen LogP contribution in [0.3, 0.4) is 0 Å². The molecule has 4 nitrogen and oxygen atoms in total. The van der Waals surface area contributed by atoms with E-state index >= 15 is 0 Å². The van der Waals surface area contributed by atoms with E-state index in [1.807, 2.05) is 4.90 Å². The smallest absolute Gasteiger partial charge is 0.331 e. The summed E-state index contributed by atoms with van der Waals surface area (Å²) < 4.78 is 4.45. The molecule has 4 heteroatoms. The van der Waals surface area contributed by atoms with Crippen LogP contribution < -0.4 is 5.73 Å². The summed E-state index contributed by atoms with van der Waals surface area (Å²) in [5.74, 6) is -0.324. The topological polar surface area (TPSA) is 55.6 Å². The molecule has 1 saturated heterocycles. The van der Waals surface area contributed by atoms with Gasteiger partial charge >= 0.3 is 5.97 Å². The lowest BCUT2D eigenvalue weighted by atomic mass is 10.3. The lowest BCUT2D eigenvalue weighted by Gasteiger charge is -2.10. The number of carbonyl (C=O) groups is 1. The summed E-state index contributed by atoms with van der Waals surface area (Å²) in [7, 11) is 1.36. The Hall–Kier alpha value is -1.03. The van der Waals surface area contributed by atoms with E-state index in [-0.39, 0.29) is 12.0 Å². The van der Waals surface area contributed by atoms with Crippen LogP contribution in [0.25, 0.3) is 0 Å². The minimum Gasteiger partial charge on any atom is -0.466 e. The van der Waals surface area contributed by atoms with Crippen LogP contribution >= 0.6 is 0 Å². The zero-order valence-corrected chi connectivity index (χ0v) is 7.19. The van der Waals surface area contributed by atoms with Gasteiger partial charge in [0.25, 0.3) is 0 Å². The highest BCUT2D eigenvalue weighted by molar-refractivity contribution is 5.81. The van der Waals surface area contributed by atoms with Crippen LogP contribution in [-0.4, -0.2) is 37.1 Å². The highest BCUT2D eigenvalue weighted by atomic mass is 16.5. The van der Waals surface area contributed by atoms with Crippen molar-refractivity contribution in [1.82, 2.24) is 4.90 Å². The first kappa shape index (κ1) is 9.06. The fraction of sp³-hybridized carbons (Fsp3) is 0.625. The fourth-order valence-electron chi connectivity index (χ4n) is 1.19. The van der Waals surface area contributed by atoms with Gasteiger partial charge in [-0.05, 0) is 6.42 Å². The second-order valence-corrected chi connectivity index (χ2v) is 2.88. The minimum atomic E-state index is -0.324. The van der Waals surface area contributed by atoms with Crippen molar-refractivity contribution in [2.24, 2.45) is 5.73 Å². The molecule has 0 saturated carbocycles. The van der Waals surface area contributed by atoms with Gasteiger partial charge in [-0.1, -0.05) is 0 Å². The van der Waals surface area contributed by atoms with Crippen molar-refractivity contribution in [2.75, 3.05) is 20.2 Å². The first-order valence-electron chi connectivity index (χ1n) is 3.98. The van der Waals surface area contributed by atoms with Crippen molar-refractivity contribution in [2.45, 2.75) is 12.5 Å². The normalized spacial score (nSPS) is 23.5. The Balaban J connectivity index is 2.31. The van der Waals surface area contributed by atoms with Crippen LogP contribution in [0, 0.1) is 0 Å². The zero-order chi connectivity index (χ0) is 8.97. The molecule has 1 aliphatic heterocycles. The molecule has 0 aromatic rings. The van der Waals surface area contributed by atoms with E-state index in [1.165, 1.54) is 13.2 Å². The molecule has 1 aliphatic rings. The van der Waals surface area contributed by atoms with E-state index in [0.717, 1.165) is 19.5 Å². The first-order valence-corrected chi connectivity index (χ1v) is 3.98. The van der Waals surface area contributed by atoms with Gasteiger partial charge in [-0.15, -0.1) is 0 Å². The quantitative estimate of drug-likeness (QED) is 0.457. The Morgan fingerprint density at radius 2 is 2.50 bits per heavy atom. The van der Waals surface area contributed by atoms with E-state index in [2.05, 4.69) is 4.74 Å². The van der Waals surface area contributed by atoms with Gasteiger partial charge in [-0.2, -0.15) is 0 Å². The molecule has 0 amide bonds. The monoisotopic (exact) mass is 170 g/mol. The molecule has 1 fully saturated rings. The Morgan fingerprint density at radius 3 is 3.00 bits per heavy atom. The van der Waals surface area contributed by atoms with Gasteiger partial charge in [0.05, 0.1) is 7.11 Å². The molecule has 0 bridgehead atoms. The number of nitrogens with zero attached hydrogens (tertiary/aromatic N) is 1. The van der Waals surface area contributed by atoms with Gasteiger partial charge in [0, 0.05) is 31.4 Å². The van der Waals surface area contributed by atoms with Gasteiger partial charge in [-0.25, -0.2) is 4.79 Å². The number of methoxy groups -OCH3 is 1. The maximum absolute atomic E-state index is 10.7. The maximum Gasteiger partial charge on any atom is 0.331 e. The molecule has 0 radical (unpaired) electrons. The molecule has 0 aromatic carbocycles. The summed E-state index contributed by atoms with van der Waals surface area (Å²) in [4.78, 5) is 12.7. The largest absolute Gasteiger partial charge is 0.466 e. The molecule has 68 valence electrons. The third kappa shape index (κ3) is 2.54. The van der Waals surface area contributed by atoms with Crippen LogP contribution in [0.1, 0.15) is 6.42 Å². The molecule has 1 atom stereocenters. The van der Waals surface area contributed by atoms with E-state index in [9.17, 15) is 4.79 Å². The van der Waals surface area contributed by atoms with E-state index < -0.39 is 0 Å². The molecule has 0 spiro atoms. The summed E-state index contributed by atoms with van der Waals surface area (Å²) in [6, 6.07) is 0.243. The molecule has 0 aliphatic carbocycles. The third-order valence-corrected chi connectivity index (χ3v) is 1.88. The van der Waals surface area contributed by atoms with Crippen LogP contribution in [0.2, 0.25) is 0 Å². The van der Waals surface area contributed by atoms with Crippen molar-refractivity contribution in [3.63, 3.8) is 0 Å². The third-order valence-electron chi connectivity index (χ3n) is 1.88. The molecule has 12 heavy (non-hydrogen) atoms. The number of ether oxygens (including phenoxy) is 1. The van der Waals surface area contributed by atoms with Gasteiger partial charge < -0.3 is 15.4 Å². The van der Waals surface area contributed by atoms with Crippen molar-refractivity contribution >= 4 is 5.97 Å². The Bertz CT molecular complexity index is 191. The summed E-state index contributed by atoms with van der Waals surface area (Å²) in [5.41, 5.74) is 5.67. The number of nitrogens with two attached hydrogens (primary N) is 1. The van der Waals surface area contributed by atoms with Crippen LogP contribution in [-0.2, 0) is 9.53 Å². The average molecular weight is 170 g/mol. The summed E-state index contributed by atoms with van der Waals surface area (Å²) >= 11 is 0. The van der Waals surface area contributed by atoms with Crippen molar-refractivity contribution in [3.05, 3.63) is 12.3 Å². The SMILES string of the molecule is COC(=O)/C=C/N1CCC(N)C1. The molecule has 1 heterocycles. The molecule has 2 N–H and O–H groups in total. The number of hydrogen-bond donors (Lipinski definition) is 1. The Labute approximate surface area is 72.0 Å². The van der Waals surface area contributed by atoms with Crippen LogP contribution in [0.4, 0.5) is 0 Å². The molecular weight excluding hydrogens is 156 g/mol. The van der Waals surface area contributed by atoms with Gasteiger partial charge in [0.1, 0.15) is 0 Å². The number of likely N-dealkylation sites (tertiary alicyclic amines) is 1. The molecule has 1 unspecified atom stereocenters. The lowest BCUT2D eigenvalue weighted by Crippen LogP contribution is -2.23. The zero-order valence-electron chi connectivity index (χ0n) is 7.19. The molecule has 0 aromatic heterocycles. The lowest BCUT2D eigenvalue weighted by molar-refractivity contribution is -0.134. The van der Waals surface area contributed by atoms with E-state index in [0.29, 0.717) is 0 Å². The standard InChI is InChI=1S/C8H14N2O2/c1-12-8(11)3-5-10-4-2-7(9)6-10/h3,5,7H,2,4,6,9H2,1H3/b5-3+. The maximum atomic E-state index is 10.7. The average Bonchev–Trinajstić information content (AvgIpc) is 2.47. The Morgan fingerprint density at radius 1 is 1.75 bits per heavy atom. The van der Waals surface area contributed by atoms with Crippen LogP contribution in [0.5, 0.6) is 0 Å². The second kappa shape index (κ2) is 4.11. The highest BCUT2D eigenvalue weighted by Gasteiger charge is 2.15. The van der Waals surface area contributed by atoms with Crippen molar-refractivity contribution in [3.8, 4) is 0 Å². The van der Waals surface area contributed by atoms with Crippen molar-refractivity contribution < 1.29 is 9.53 Å².